The second-order valence-electron chi connectivity index (χ2n) is 8.72. The van der Waals surface area contributed by atoms with Gasteiger partial charge in [-0.25, -0.2) is 9.97 Å². The predicted octanol–water partition coefficient (Wildman–Crippen LogP) is 3.95. The van der Waals surface area contributed by atoms with Gasteiger partial charge in [0.1, 0.15) is 5.82 Å². The van der Waals surface area contributed by atoms with Gasteiger partial charge in [0.05, 0.1) is 5.52 Å². The maximum Gasteiger partial charge on any atom is 0.247 e. The molecule has 1 aliphatic rings. The number of carbonyl (C=O) groups is 1. The summed E-state index contributed by atoms with van der Waals surface area (Å²) in [6.45, 7) is 9.48. The number of aryl methyl sites for hydroxylation is 1. The minimum atomic E-state index is -0.269. The third-order valence-electron chi connectivity index (χ3n) is 6.08. The molecule has 3 N–H and O–H groups in total. The van der Waals surface area contributed by atoms with E-state index >= 15 is 0 Å². The summed E-state index contributed by atoms with van der Waals surface area (Å²) in [6.07, 6.45) is 1.24. The monoisotopic (exact) mass is 468 g/mol. The number of amides is 1. The van der Waals surface area contributed by atoms with Gasteiger partial charge in [0, 0.05) is 60.3 Å². The molecule has 9 nitrogen and oxygen atoms in total. The van der Waals surface area contributed by atoms with E-state index in [1.165, 1.54) is 6.08 Å². The first-order chi connectivity index (χ1) is 17.0. The van der Waals surface area contributed by atoms with Crippen molar-refractivity contribution in [1.82, 2.24) is 25.1 Å². The Balaban J connectivity index is 1.58. The number of carbonyl (C=O) groups excluding carboxylic acids is 1. The first-order valence-corrected chi connectivity index (χ1v) is 11.6. The number of hydrogen-bond donors (Lipinski definition) is 3. The number of aromatic nitrogens is 4. The van der Waals surface area contributed by atoms with E-state index in [9.17, 15) is 4.79 Å². The molecule has 9 heteroatoms. The molecule has 2 aromatic heterocycles. The summed E-state index contributed by atoms with van der Waals surface area (Å²) in [6, 6.07) is 15.7. The van der Waals surface area contributed by atoms with Gasteiger partial charge in [-0.15, -0.1) is 0 Å². The minimum Gasteiger partial charge on any atom is -0.369 e. The standard InChI is InChI=1S/C26H28N8O/c1-4-24(35)27-19-7-5-6-18(15-19)25-28-22-16-20(34-12-10-33(3)11-13-34)8-9-21(22)26(30-25)29-23-14-17(2)31-32-23/h4-9,14-16H,1,10-13H2,2-3H3,(H,27,35)(H2,28,29,30,31,32). The molecule has 35 heavy (non-hydrogen) atoms. The third kappa shape index (κ3) is 4.99. The van der Waals surface area contributed by atoms with Crippen LogP contribution in [-0.4, -0.2) is 64.2 Å². The molecule has 0 aliphatic carbocycles. The quantitative estimate of drug-likeness (QED) is 0.368. The average molecular weight is 469 g/mol. The highest BCUT2D eigenvalue weighted by Crippen LogP contribution is 2.31. The Bertz CT molecular complexity index is 1390. The van der Waals surface area contributed by atoms with Gasteiger partial charge in [0.25, 0.3) is 0 Å². The van der Waals surface area contributed by atoms with E-state index in [-0.39, 0.29) is 5.91 Å². The molecule has 1 fully saturated rings. The zero-order valence-corrected chi connectivity index (χ0v) is 19.9. The fourth-order valence-corrected chi connectivity index (χ4v) is 4.14. The molecule has 0 bridgehead atoms. The molecule has 0 radical (unpaired) electrons. The van der Waals surface area contributed by atoms with Gasteiger partial charge in [-0.1, -0.05) is 18.7 Å². The van der Waals surface area contributed by atoms with Crippen LogP contribution in [0.1, 0.15) is 5.69 Å². The highest BCUT2D eigenvalue weighted by Gasteiger charge is 2.17. The summed E-state index contributed by atoms with van der Waals surface area (Å²) in [5, 5.41) is 14.3. The Morgan fingerprint density at radius 2 is 1.91 bits per heavy atom. The zero-order valence-electron chi connectivity index (χ0n) is 19.9. The maximum atomic E-state index is 11.8. The third-order valence-corrected chi connectivity index (χ3v) is 6.08. The van der Waals surface area contributed by atoms with Crippen LogP contribution in [-0.2, 0) is 4.79 Å². The van der Waals surface area contributed by atoms with Gasteiger partial charge < -0.3 is 20.4 Å². The largest absolute Gasteiger partial charge is 0.369 e. The van der Waals surface area contributed by atoms with Gasteiger partial charge >= 0.3 is 0 Å². The normalized spacial score (nSPS) is 14.2. The number of nitrogens with zero attached hydrogens (tertiary/aromatic N) is 5. The van der Waals surface area contributed by atoms with E-state index in [0.717, 1.165) is 54.0 Å². The number of fused-ring (bicyclic) bond motifs is 1. The molecule has 1 aliphatic heterocycles. The van der Waals surface area contributed by atoms with Crippen LogP contribution in [0.2, 0.25) is 0 Å². The minimum absolute atomic E-state index is 0.269. The summed E-state index contributed by atoms with van der Waals surface area (Å²) >= 11 is 0. The van der Waals surface area contributed by atoms with Crippen molar-refractivity contribution in [2.75, 3.05) is 48.8 Å². The Morgan fingerprint density at radius 3 is 2.66 bits per heavy atom. The van der Waals surface area contributed by atoms with Gasteiger partial charge in [-0.3, -0.25) is 9.89 Å². The van der Waals surface area contributed by atoms with Crippen LogP contribution in [0, 0.1) is 6.92 Å². The van der Waals surface area contributed by atoms with Crippen LogP contribution in [0.25, 0.3) is 22.3 Å². The van der Waals surface area contributed by atoms with Crippen molar-refractivity contribution in [2.24, 2.45) is 0 Å². The number of anilines is 4. The molecule has 0 spiro atoms. The Hall–Kier alpha value is -4.24. The van der Waals surface area contributed by atoms with E-state index in [4.69, 9.17) is 9.97 Å². The molecule has 4 aromatic rings. The Kier molecular flexibility index (Phi) is 6.15. The number of H-pyrrole nitrogens is 1. The van der Waals surface area contributed by atoms with E-state index in [1.54, 1.807) is 0 Å². The number of likely N-dealkylation sites (N-methyl/N-ethyl adjacent to an activating group) is 1. The molecular formula is C26H28N8O. The molecular weight excluding hydrogens is 440 g/mol. The lowest BCUT2D eigenvalue weighted by Gasteiger charge is -2.34. The number of hydrogen-bond acceptors (Lipinski definition) is 7. The summed E-state index contributed by atoms with van der Waals surface area (Å²) in [7, 11) is 2.15. The van der Waals surface area contributed by atoms with Crippen LogP contribution in [0.5, 0.6) is 0 Å². The Morgan fingerprint density at radius 1 is 1.09 bits per heavy atom. The number of aromatic amines is 1. The molecule has 0 atom stereocenters. The molecule has 1 saturated heterocycles. The summed E-state index contributed by atoms with van der Waals surface area (Å²) in [4.78, 5) is 26.3. The molecule has 3 heterocycles. The fraction of sp³-hybridized carbons (Fsp3) is 0.231. The van der Waals surface area contributed by atoms with Crippen molar-refractivity contribution in [3.05, 3.63) is 66.9 Å². The van der Waals surface area contributed by atoms with Crippen molar-refractivity contribution in [3.8, 4) is 11.4 Å². The Labute approximate surface area is 203 Å². The molecule has 0 saturated carbocycles. The van der Waals surface area contributed by atoms with Gasteiger partial charge in [0.15, 0.2) is 11.6 Å². The number of benzene rings is 2. The van der Waals surface area contributed by atoms with Crippen molar-refractivity contribution in [1.29, 1.82) is 0 Å². The molecule has 5 rings (SSSR count). The van der Waals surface area contributed by atoms with Crippen molar-refractivity contribution in [3.63, 3.8) is 0 Å². The predicted molar refractivity (Wildman–Crippen MR) is 140 cm³/mol. The number of rotatable bonds is 6. The summed E-state index contributed by atoms with van der Waals surface area (Å²) in [5.41, 5.74) is 4.37. The van der Waals surface area contributed by atoms with Gasteiger partial charge in [-0.2, -0.15) is 5.10 Å². The van der Waals surface area contributed by atoms with Crippen LogP contribution in [0.15, 0.2) is 61.2 Å². The van der Waals surface area contributed by atoms with Crippen LogP contribution in [0.4, 0.5) is 23.0 Å². The van der Waals surface area contributed by atoms with Crippen molar-refractivity contribution >= 4 is 39.8 Å². The average Bonchev–Trinajstić information content (AvgIpc) is 3.28. The van der Waals surface area contributed by atoms with E-state index in [2.05, 4.69) is 62.5 Å². The van der Waals surface area contributed by atoms with Crippen LogP contribution >= 0.6 is 0 Å². The van der Waals surface area contributed by atoms with Crippen molar-refractivity contribution in [2.45, 2.75) is 6.92 Å². The fourth-order valence-electron chi connectivity index (χ4n) is 4.14. The highest BCUT2D eigenvalue weighted by molar-refractivity contribution is 5.99. The smallest absolute Gasteiger partial charge is 0.247 e. The van der Waals surface area contributed by atoms with E-state index < -0.39 is 0 Å². The topological polar surface area (TPSA) is 102 Å². The van der Waals surface area contributed by atoms with Crippen LogP contribution < -0.4 is 15.5 Å². The number of nitrogens with one attached hydrogen (secondary N) is 3. The molecule has 1 amide bonds. The first kappa shape index (κ1) is 22.5. The zero-order chi connectivity index (χ0) is 24.4. The molecule has 178 valence electrons. The first-order valence-electron chi connectivity index (χ1n) is 11.6. The second-order valence-corrected chi connectivity index (χ2v) is 8.72. The van der Waals surface area contributed by atoms with E-state index in [1.807, 2.05) is 37.3 Å². The lowest BCUT2D eigenvalue weighted by atomic mass is 10.1. The molecule has 2 aromatic carbocycles. The number of piperazine rings is 1. The van der Waals surface area contributed by atoms with Crippen LogP contribution in [0.3, 0.4) is 0 Å². The lowest BCUT2D eigenvalue weighted by Crippen LogP contribution is -2.44. The molecule has 0 unspecified atom stereocenters. The second kappa shape index (κ2) is 9.55. The van der Waals surface area contributed by atoms with E-state index in [0.29, 0.717) is 23.1 Å². The van der Waals surface area contributed by atoms with Gasteiger partial charge in [0.2, 0.25) is 5.91 Å². The highest BCUT2D eigenvalue weighted by atomic mass is 16.1. The maximum absolute atomic E-state index is 11.8. The SMILES string of the molecule is C=CC(=O)Nc1cccc(-c2nc(Nc3cc(C)[nH]n3)c3ccc(N4CCN(C)CC4)cc3n2)c1. The van der Waals surface area contributed by atoms with Crippen molar-refractivity contribution < 1.29 is 4.79 Å². The van der Waals surface area contributed by atoms with Gasteiger partial charge in [-0.05, 0) is 50.4 Å². The summed E-state index contributed by atoms with van der Waals surface area (Å²) in [5.74, 6) is 1.64. The summed E-state index contributed by atoms with van der Waals surface area (Å²) < 4.78 is 0. The lowest BCUT2D eigenvalue weighted by molar-refractivity contribution is -0.111.